The smallest absolute Gasteiger partial charge is 0.328 e. The summed E-state index contributed by atoms with van der Waals surface area (Å²) in [6.45, 7) is 8.34. The van der Waals surface area contributed by atoms with Crippen LogP contribution in [0.25, 0.3) is 0 Å². The molecule has 0 aliphatic carbocycles. The van der Waals surface area contributed by atoms with Crippen molar-refractivity contribution >= 4 is 17.6 Å². The Balaban J connectivity index is 0.000000307. The second kappa shape index (κ2) is 10.3. The number of rotatable bonds is 5. The number of nitrogens with one attached hydrogen (secondary N) is 1. The molecule has 0 aromatic heterocycles. The van der Waals surface area contributed by atoms with Crippen LogP contribution in [0.5, 0.6) is 5.75 Å². The summed E-state index contributed by atoms with van der Waals surface area (Å²) in [6.07, 6.45) is 1.34. The Kier molecular flexibility index (Phi) is 8.35. The first-order valence-electron chi connectivity index (χ1n) is 7.75. The molecule has 0 atom stereocenters. The molecule has 0 spiro atoms. The molecule has 1 aliphatic heterocycles. The van der Waals surface area contributed by atoms with E-state index in [4.69, 9.17) is 14.9 Å². The van der Waals surface area contributed by atoms with Gasteiger partial charge in [-0.1, -0.05) is 12.1 Å². The van der Waals surface area contributed by atoms with E-state index in [9.17, 15) is 9.59 Å². The monoisotopic (exact) mass is 336 g/mol. The van der Waals surface area contributed by atoms with Gasteiger partial charge < -0.3 is 25.2 Å². The Labute approximate surface area is 141 Å². The molecule has 1 aromatic rings. The van der Waals surface area contributed by atoms with Gasteiger partial charge in [0.1, 0.15) is 5.75 Å². The van der Waals surface area contributed by atoms with Crippen LogP contribution in [0.15, 0.2) is 36.4 Å². The van der Waals surface area contributed by atoms with E-state index in [0.29, 0.717) is 12.2 Å². The summed E-state index contributed by atoms with van der Waals surface area (Å²) in [5.74, 6) is -1.51. The number of aliphatic carboxylic acids is 2. The van der Waals surface area contributed by atoms with Crippen molar-refractivity contribution in [3.63, 3.8) is 0 Å². The molecule has 2 rings (SSSR count). The van der Waals surface area contributed by atoms with Crippen LogP contribution in [-0.2, 0) is 9.59 Å². The lowest BCUT2D eigenvalue weighted by molar-refractivity contribution is -0.134. The molecule has 1 heterocycles. The molecule has 0 radical (unpaired) electrons. The van der Waals surface area contributed by atoms with E-state index in [2.05, 4.69) is 42.3 Å². The van der Waals surface area contributed by atoms with Crippen molar-refractivity contribution < 1.29 is 24.5 Å². The van der Waals surface area contributed by atoms with E-state index in [1.165, 1.54) is 5.69 Å². The van der Waals surface area contributed by atoms with Crippen molar-refractivity contribution in [2.24, 2.45) is 0 Å². The number of anilines is 1. The summed E-state index contributed by atoms with van der Waals surface area (Å²) in [4.78, 5) is 21.5. The number of carboxylic acids is 2. The minimum atomic E-state index is -1.26. The third kappa shape index (κ3) is 7.64. The summed E-state index contributed by atoms with van der Waals surface area (Å²) >= 11 is 0. The number of piperazine rings is 1. The number of ether oxygens (including phenoxy) is 1. The number of nitrogens with zero attached hydrogens (tertiary/aromatic N) is 1. The van der Waals surface area contributed by atoms with Crippen molar-refractivity contribution in [1.29, 1.82) is 0 Å². The van der Waals surface area contributed by atoms with E-state index in [1.807, 2.05) is 6.07 Å². The van der Waals surface area contributed by atoms with Crippen LogP contribution in [0, 0.1) is 0 Å². The Hall–Kier alpha value is -2.54. The van der Waals surface area contributed by atoms with Gasteiger partial charge in [0.05, 0.1) is 11.8 Å². The van der Waals surface area contributed by atoms with Crippen molar-refractivity contribution in [2.75, 3.05) is 31.1 Å². The minimum Gasteiger partial charge on any atom is -0.489 e. The molecule has 1 saturated heterocycles. The molecular formula is C17H24N2O5. The molecule has 3 N–H and O–H groups in total. The molecule has 1 aliphatic rings. The van der Waals surface area contributed by atoms with Crippen molar-refractivity contribution in [3.8, 4) is 5.75 Å². The quantitative estimate of drug-likeness (QED) is 0.702. The van der Waals surface area contributed by atoms with E-state index in [0.717, 1.165) is 31.9 Å². The summed E-state index contributed by atoms with van der Waals surface area (Å²) in [7, 11) is 0. The van der Waals surface area contributed by atoms with E-state index in [1.54, 1.807) is 0 Å². The third-order valence-electron chi connectivity index (χ3n) is 3.05. The first kappa shape index (κ1) is 19.5. The van der Waals surface area contributed by atoms with Gasteiger partial charge in [0.2, 0.25) is 0 Å². The standard InChI is InChI=1S/C13H20N2O.C4H4O4/c1-11(2)16-13-6-4-3-5-12(13)15-9-7-14-8-10-15;5-3(6)1-2-4(7)8/h3-6,11,14H,7-10H2,1-2H3;1-2H,(H,5,6)(H,7,8)/b;2-1+. The second-order valence-electron chi connectivity index (χ2n) is 5.38. The molecule has 0 amide bonds. The van der Waals surface area contributed by atoms with Gasteiger partial charge >= 0.3 is 11.9 Å². The van der Waals surface area contributed by atoms with Crippen molar-refractivity contribution in [1.82, 2.24) is 5.32 Å². The average molecular weight is 336 g/mol. The zero-order valence-electron chi connectivity index (χ0n) is 13.9. The number of hydrogen-bond acceptors (Lipinski definition) is 5. The van der Waals surface area contributed by atoms with Gasteiger partial charge in [-0.2, -0.15) is 0 Å². The van der Waals surface area contributed by atoms with Crippen LogP contribution in [0.4, 0.5) is 5.69 Å². The molecule has 7 heteroatoms. The van der Waals surface area contributed by atoms with Crippen LogP contribution in [0.1, 0.15) is 13.8 Å². The summed E-state index contributed by atoms with van der Waals surface area (Å²) < 4.78 is 5.84. The summed E-state index contributed by atoms with van der Waals surface area (Å²) in [5, 5.41) is 19.0. The van der Waals surface area contributed by atoms with Gasteiger partial charge in [-0.15, -0.1) is 0 Å². The number of carbonyl (C=O) groups is 2. The van der Waals surface area contributed by atoms with E-state index in [-0.39, 0.29) is 6.10 Å². The minimum absolute atomic E-state index is 0.226. The Bertz CT molecular complexity index is 550. The number of hydrogen-bond donors (Lipinski definition) is 3. The van der Waals surface area contributed by atoms with Crippen molar-refractivity contribution in [2.45, 2.75) is 20.0 Å². The molecule has 0 unspecified atom stereocenters. The number of benzene rings is 1. The van der Waals surface area contributed by atoms with Gasteiger partial charge in [-0.25, -0.2) is 9.59 Å². The Morgan fingerprint density at radius 1 is 1.12 bits per heavy atom. The highest BCUT2D eigenvalue weighted by Gasteiger charge is 2.14. The largest absolute Gasteiger partial charge is 0.489 e. The van der Waals surface area contributed by atoms with E-state index >= 15 is 0 Å². The molecule has 24 heavy (non-hydrogen) atoms. The second-order valence-corrected chi connectivity index (χ2v) is 5.38. The van der Waals surface area contributed by atoms with Gasteiger partial charge in [0.25, 0.3) is 0 Å². The van der Waals surface area contributed by atoms with Gasteiger partial charge in [0, 0.05) is 38.3 Å². The number of para-hydroxylation sites is 2. The SMILES string of the molecule is CC(C)Oc1ccccc1N1CCNCC1.O=C(O)/C=C/C(=O)O. The third-order valence-corrected chi connectivity index (χ3v) is 3.05. The molecule has 0 saturated carbocycles. The Morgan fingerprint density at radius 2 is 1.67 bits per heavy atom. The maximum atomic E-state index is 9.55. The zero-order valence-corrected chi connectivity index (χ0v) is 13.9. The van der Waals surface area contributed by atoms with Crippen LogP contribution in [0.2, 0.25) is 0 Å². The molecule has 0 bridgehead atoms. The molecule has 7 nitrogen and oxygen atoms in total. The molecular weight excluding hydrogens is 312 g/mol. The highest BCUT2D eigenvalue weighted by molar-refractivity contribution is 5.89. The molecule has 132 valence electrons. The number of carboxylic acid groups (broad SMARTS) is 2. The lowest BCUT2D eigenvalue weighted by Crippen LogP contribution is -2.43. The maximum absolute atomic E-state index is 9.55. The van der Waals surface area contributed by atoms with Crippen LogP contribution in [0.3, 0.4) is 0 Å². The first-order valence-corrected chi connectivity index (χ1v) is 7.75. The molecule has 1 aromatic carbocycles. The fourth-order valence-corrected chi connectivity index (χ4v) is 2.12. The van der Waals surface area contributed by atoms with Gasteiger partial charge in [0.15, 0.2) is 0 Å². The fourth-order valence-electron chi connectivity index (χ4n) is 2.12. The lowest BCUT2D eigenvalue weighted by Gasteiger charge is -2.31. The molecule has 1 fully saturated rings. The van der Waals surface area contributed by atoms with Crippen molar-refractivity contribution in [3.05, 3.63) is 36.4 Å². The fraction of sp³-hybridized carbons (Fsp3) is 0.412. The lowest BCUT2D eigenvalue weighted by atomic mass is 10.2. The Morgan fingerprint density at radius 3 is 2.17 bits per heavy atom. The van der Waals surface area contributed by atoms with Gasteiger partial charge in [-0.3, -0.25) is 0 Å². The van der Waals surface area contributed by atoms with Crippen LogP contribution >= 0.6 is 0 Å². The predicted octanol–water partition coefficient (Wildman–Crippen LogP) is 1.60. The average Bonchev–Trinajstić information content (AvgIpc) is 2.54. The summed E-state index contributed by atoms with van der Waals surface area (Å²) in [5.41, 5.74) is 1.22. The van der Waals surface area contributed by atoms with Crippen LogP contribution in [-0.4, -0.2) is 54.4 Å². The van der Waals surface area contributed by atoms with Crippen LogP contribution < -0.4 is 15.0 Å². The first-order chi connectivity index (χ1) is 11.4. The highest BCUT2D eigenvalue weighted by atomic mass is 16.5. The predicted molar refractivity (Wildman–Crippen MR) is 91.7 cm³/mol. The summed E-state index contributed by atoms with van der Waals surface area (Å²) in [6, 6.07) is 8.30. The topological polar surface area (TPSA) is 99.1 Å². The van der Waals surface area contributed by atoms with Gasteiger partial charge in [-0.05, 0) is 26.0 Å². The zero-order chi connectivity index (χ0) is 17.9. The van der Waals surface area contributed by atoms with E-state index < -0.39 is 11.9 Å². The maximum Gasteiger partial charge on any atom is 0.328 e. The highest BCUT2D eigenvalue weighted by Crippen LogP contribution is 2.28. The normalized spacial score (nSPS) is 14.2.